The number of nitrogens with zero attached hydrogens (tertiary/aromatic N) is 4. The van der Waals surface area contributed by atoms with E-state index in [1.165, 1.54) is 23.9 Å². The van der Waals surface area contributed by atoms with E-state index in [0.717, 1.165) is 27.8 Å². The van der Waals surface area contributed by atoms with Crippen LogP contribution >= 0.6 is 11.8 Å². The molecule has 0 aliphatic rings. The van der Waals surface area contributed by atoms with Crippen molar-refractivity contribution in [3.63, 3.8) is 0 Å². The third-order valence-corrected chi connectivity index (χ3v) is 5.40. The largest absolute Gasteiger partial charge is 0.333 e. The summed E-state index contributed by atoms with van der Waals surface area (Å²) >= 11 is 1.44. The number of thioether (sulfide) groups is 1. The van der Waals surface area contributed by atoms with Crippen molar-refractivity contribution in [2.24, 2.45) is 5.10 Å². The summed E-state index contributed by atoms with van der Waals surface area (Å²) in [5.74, 6) is 0.428. The van der Waals surface area contributed by atoms with Crippen molar-refractivity contribution in [1.29, 1.82) is 0 Å². The third-order valence-electron chi connectivity index (χ3n) is 4.52. The highest BCUT2D eigenvalue weighted by atomic mass is 32.2. The van der Waals surface area contributed by atoms with Gasteiger partial charge in [0.05, 0.1) is 32.7 Å². The van der Waals surface area contributed by atoms with Crippen LogP contribution in [0.15, 0.2) is 83.1 Å². The molecule has 160 valence electrons. The van der Waals surface area contributed by atoms with Gasteiger partial charge in [-0.05, 0) is 23.8 Å². The van der Waals surface area contributed by atoms with Crippen LogP contribution in [0, 0.1) is 20.2 Å². The normalized spacial score (nSPS) is 11.4. The lowest BCUT2D eigenvalue weighted by molar-refractivity contribution is -0.393. The summed E-state index contributed by atoms with van der Waals surface area (Å²) < 4.78 is 0. The smallest absolute Gasteiger partial charge is 0.301 e. The van der Waals surface area contributed by atoms with Gasteiger partial charge in [-0.3, -0.25) is 25.7 Å². The van der Waals surface area contributed by atoms with E-state index >= 15 is 0 Å². The van der Waals surface area contributed by atoms with E-state index in [0.29, 0.717) is 11.5 Å². The molecule has 3 aromatic carbocycles. The lowest BCUT2D eigenvalue weighted by Crippen LogP contribution is -2.08. The van der Waals surface area contributed by atoms with Crippen LogP contribution in [0.2, 0.25) is 0 Å². The Kier molecular flexibility index (Phi) is 6.08. The van der Waals surface area contributed by atoms with Crippen molar-refractivity contribution >= 4 is 45.6 Å². The molecular formula is C21H16N6O4S. The molecule has 4 rings (SSSR count). The van der Waals surface area contributed by atoms with Gasteiger partial charge < -0.3 is 4.98 Å². The van der Waals surface area contributed by atoms with Gasteiger partial charge in [0, 0.05) is 11.8 Å². The number of nitrogens with one attached hydrogen (secondary N) is 2. The Morgan fingerprint density at radius 3 is 2.47 bits per heavy atom. The van der Waals surface area contributed by atoms with Crippen molar-refractivity contribution in [2.45, 2.75) is 5.16 Å². The van der Waals surface area contributed by atoms with Crippen LogP contribution in [0.1, 0.15) is 5.56 Å². The zero-order valence-corrected chi connectivity index (χ0v) is 17.3. The van der Waals surface area contributed by atoms with E-state index in [1.807, 2.05) is 54.6 Å². The van der Waals surface area contributed by atoms with Gasteiger partial charge in [-0.25, -0.2) is 4.98 Å². The molecule has 11 heteroatoms. The zero-order valence-electron chi connectivity index (χ0n) is 16.5. The minimum atomic E-state index is -0.684. The molecule has 0 amide bonds. The highest BCUT2D eigenvalue weighted by molar-refractivity contribution is 7.99. The van der Waals surface area contributed by atoms with Crippen LogP contribution in [0.4, 0.5) is 17.1 Å². The Hall–Kier alpha value is -4.25. The Balaban J connectivity index is 1.61. The number of nitro groups is 2. The molecule has 0 saturated carbocycles. The molecule has 4 aromatic rings. The van der Waals surface area contributed by atoms with Crippen LogP contribution in [-0.2, 0) is 0 Å². The maximum Gasteiger partial charge on any atom is 0.301 e. The predicted molar refractivity (Wildman–Crippen MR) is 123 cm³/mol. The number of rotatable bonds is 8. The van der Waals surface area contributed by atoms with Crippen LogP contribution in [0.5, 0.6) is 0 Å². The Morgan fingerprint density at radius 2 is 1.75 bits per heavy atom. The second-order valence-electron chi connectivity index (χ2n) is 6.60. The van der Waals surface area contributed by atoms with Crippen molar-refractivity contribution in [1.82, 2.24) is 9.97 Å². The number of non-ortho nitro benzene ring substituents is 1. The molecule has 0 atom stereocenters. The Labute approximate surface area is 185 Å². The summed E-state index contributed by atoms with van der Waals surface area (Å²) in [7, 11) is 0. The lowest BCUT2D eigenvalue weighted by atomic mass is 10.1. The SMILES string of the molecule is O=[N+]([O-])c1ccc(NN=C(CSc2nc3ccccc3[nH]2)c2ccccc2)c([N+](=O)[O-])c1. The first kappa shape index (κ1) is 21.0. The topological polar surface area (TPSA) is 139 Å². The molecule has 0 saturated heterocycles. The summed E-state index contributed by atoms with van der Waals surface area (Å²) in [6, 6.07) is 20.4. The number of nitro benzene ring substituents is 2. The fourth-order valence-electron chi connectivity index (χ4n) is 2.95. The summed E-state index contributed by atoms with van der Waals surface area (Å²) in [4.78, 5) is 28.7. The number of aromatic nitrogens is 2. The molecule has 0 unspecified atom stereocenters. The van der Waals surface area contributed by atoms with Crippen molar-refractivity contribution in [2.75, 3.05) is 11.2 Å². The van der Waals surface area contributed by atoms with E-state index in [-0.39, 0.29) is 11.4 Å². The van der Waals surface area contributed by atoms with Gasteiger partial charge in [-0.1, -0.05) is 54.2 Å². The summed E-state index contributed by atoms with van der Waals surface area (Å²) in [6.07, 6.45) is 0. The average molecular weight is 448 g/mol. The Morgan fingerprint density at radius 1 is 1.00 bits per heavy atom. The predicted octanol–water partition coefficient (Wildman–Crippen LogP) is 4.99. The molecule has 0 bridgehead atoms. The van der Waals surface area contributed by atoms with Gasteiger partial charge in [0.15, 0.2) is 5.16 Å². The van der Waals surface area contributed by atoms with E-state index in [2.05, 4.69) is 20.5 Å². The highest BCUT2D eigenvalue weighted by Gasteiger charge is 2.19. The van der Waals surface area contributed by atoms with E-state index in [4.69, 9.17) is 0 Å². The van der Waals surface area contributed by atoms with Crippen LogP contribution in [0.25, 0.3) is 11.0 Å². The minimum Gasteiger partial charge on any atom is -0.333 e. The van der Waals surface area contributed by atoms with E-state index in [1.54, 1.807) is 0 Å². The molecule has 0 fully saturated rings. The van der Waals surface area contributed by atoms with Crippen molar-refractivity contribution in [3.05, 3.63) is 98.6 Å². The number of para-hydroxylation sites is 2. The van der Waals surface area contributed by atoms with Gasteiger partial charge in [-0.15, -0.1) is 0 Å². The number of imidazole rings is 1. The number of hydrogen-bond acceptors (Lipinski definition) is 8. The quantitative estimate of drug-likeness (QED) is 0.167. The first-order chi connectivity index (χ1) is 15.5. The van der Waals surface area contributed by atoms with Gasteiger partial charge in [-0.2, -0.15) is 5.10 Å². The molecular weight excluding hydrogens is 432 g/mol. The van der Waals surface area contributed by atoms with Crippen molar-refractivity contribution in [3.8, 4) is 0 Å². The van der Waals surface area contributed by atoms with Gasteiger partial charge in [0.1, 0.15) is 5.69 Å². The zero-order chi connectivity index (χ0) is 22.5. The number of hydrazone groups is 1. The van der Waals surface area contributed by atoms with Crippen LogP contribution in [0.3, 0.4) is 0 Å². The summed E-state index contributed by atoms with van der Waals surface area (Å²) in [5, 5.41) is 27.4. The third kappa shape index (κ3) is 4.73. The van der Waals surface area contributed by atoms with Gasteiger partial charge in [0.2, 0.25) is 0 Å². The standard InChI is InChI=1S/C21H16N6O4S/c28-26(29)15-10-11-18(20(12-15)27(30)31)24-25-19(14-6-2-1-3-7-14)13-32-21-22-16-8-4-5-9-17(16)23-21/h1-12,24H,13H2,(H,22,23). The first-order valence-electron chi connectivity index (χ1n) is 9.39. The Bertz CT molecular complexity index is 1290. The van der Waals surface area contributed by atoms with Gasteiger partial charge in [0.25, 0.3) is 5.69 Å². The molecule has 0 spiro atoms. The number of hydrogen-bond donors (Lipinski definition) is 2. The summed E-state index contributed by atoms with van der Waals surface area (Å²) in [5.41, 5.74) is 5.20. The highest BCUT2D eigenvalue weighted by Crippen LogP contribution is 2.29. The molecule has 32 heavy (non-hydrogen) atoms. The fourth-order valence-corrected chi connectivity index (χ4v) is 3.80. The number of benzene rings is 3. The molecule has 0 aliphatic carbocycles. The lowest BCUT2D eigenvalue weighted by Gasteiger charge is -2.08. The summed E-state index contributed by atoms with van der Waals surface area (Å²) in [6.45, 7) is 0. The van der Waals surface area contributed by atoms with Crippen LogP contribution in [-0.4, -0.2) is 31.3 Å². The average Bonchev–Trinajstić information content (AvgIpc) is 3.22. The molecule has 0 aliphatic heterocycles. The molecule has 10 nitrogen and oxygen atoms in total. The first-order valence-corrected chi connectivity index (χ1v) is 10.4. The number of fused-ring (bicyclic) bond motifs is 1. The maximum atomic E-state index is 11.4. The molecule has 1 aromatic heterocycles. The monoisotopic (exact) mass is 448 g/mol. The molecule has 1 heterocycles. The van der Waals surface area contributed by atoms with Gasteiger partial charge >= 0.3 is 5.69 Å². The maximum absolute atomic E-state index is 11.4. The van der Waals surface area contributed by atoms with E-state index < -0.39 is 15.5 Å². The number of anilines is 1. The second kappa shape index (κ2) is 9.27. The number of aromatic amines is 1. The number of H-pyrrole nitrogens is 1. The van der Waals surface area contributed by atoms with Crippen LogP contribution < -0.4 is 5.43 Å². The minimum absolute atomic E-state index is 0.0581. The fraction of sp³-hybridized carbons (Fsp3) is 0.0476. The van der Waals surface area contributed by atoms with Crippen molar-refractivity contribution < 1.29 is 9.85 Å². The molecule has 2 N–H and O–H groups in total. The van der Waals surface area contributed by atoms with E-state index in [9.17, 15) is 20.2 Å². The second-order valence-corrected chi connectivity index (χ2v) is 7.56. The molecule has 0 radical (unpaired) electrons.